The van der Waals surface area contributed by atoms with Crippen molar-refractivity contribution < 1.29 is 0 Å². The molecule has 0 heterocycles. The van der Waals surface area contributed by atoms with Gasteiger partial charge in [0.25, 0.3) is 0 Å². The zero-order chi connectivity index (χ0) is 12.7. The number of allylic oxidation sites excluding steroid dienone is 3. The summed E-state index contributed by atoms with van der Waals surface area (Å²) in [4.78, 5) is 4.67. The molecule has 3 unspecified atom stereocenters. The van der Waals surface area contributed by atoms with E-state index < -0.39 is 0 Å². The van der Waals surface area contributed by atoms with E-state index in [0.29, 0.717) is 17.9 Å². The van der Waals surface area contributed by atoms with Crippen LogP contribution in [0.5, 0.6) is 0 Å². The average Bonchev–Trinajstić information content (AvgIpc) is 2.39. The quantitative estimate of drug-likeness (QED) is 0.469. The van der Waals surface area contributed by atoms with Crippen LogP contribution in [0.25, 0.3) is 0 Å². The molecule has 1 heteroatoms. The van der Waals surface area contributed by atoms with Crippen molar-refractivity contribution in [3.8, 4) is 0 Å². The van der Waals surface area contributed by atoms with Crippen molar-refractivity contribution in [1.82, 2.24) is 0 Å². The number of hydrogen-bond acceptors (Lipinski definition) is 1. The third kappa shape index (κ3) is 3.69. The summed E-state index contributed by atoms with van der Waals surface area (Å²) in [6, 6.07) is 0.330. The molecule has 0 aromatic rings. The van der Waals surface area contributed by atoms with Crippen molar-refractivity contribution >= 4 is 6.21 Å². The summed E-state index contributed by atoms with van der Waals surface area (Å²) < 4.78 is 0. The van der Waals surface area contributed by atoms with Crippen LogP contribution in [0.4, 0.5) is 0 Å². The maximum absolute atomic E-state index is 4.67. The molecule has 0 aliphatic heterocycles. The molecule has 1 nitrogen and oxygen atoms in total. The average molecular weight is 231 g/mol. The van der Waals surface area contributed by atoms with Crippen LogP contribution in [0.15, 0.2) is 41.4 Å². The molecular formula is C16H25N. The second kappa shape index (κ2) is 7.26. The van der Waals surface area contributed by atoms with E-state index in [0.717, 1.165) is 6.42 Å². The topological polar surface area (TPSA) is 12.4 Å². The maximum Gasteiger partial charge on any atom is 0.0623 e. The Kier molecular flexibility index (Phi) is 5.96. The Labute approximate surface area is 106 Å². The minimum Gasteiger partial charge on any atom is -0.293 e. The maximum atomic E-state index is 4.67. The molecule has 0 aromatic heterocycles. The first-order valence-corrected chi connectivity index (χ1v) is 6.71. The van der Waals surface area contributed by atoms with E-state index >= 15 is 0 Å². The monoisotopic (exact) mass is 231 g/mol. The molecule has 3 atom stereocenters. The lowest BCUT2D eigenvalue weighted by Crippen LogP contribution is -2.26. The van der Waals surface area contributed by atoms with Crippen molar-refractivity contribution in [3.63, 3.8) is 0 Å². The predicted octanol–water partition coefficient (Wildman–Crippen LogP) is 4.57. The number of hydrogen-bond donors (Lipinski definition) is 0. The highest BCUT2D eigenvalue weighted by atomic mass is 14.8. The van der Waals surface area contributed by atoms with Gasteiger partial charge in [0, 0.05) is 5.92 Å². The van der Waals surface area contributed by atoms with Gasteiger partial charge in [0.05, 0.1) is 6.04 Å². The Hall–Kier alpha value is -1.11. The summed E-state index contributed by atoms with van der Waals surface area (Å²) in [6.07, 6.45) is 14.4. The largest absolute Gasteiger partial charge is 0.293 e. The van der Waals surface area contributed by atoms with Crippen LogP contribution in [0.1, 0.15) is 40.0 Å². The summed E-state index contributed by atoms with van der Waals surface area (Å²) in [5.41, 5.74) is 1.46. The second-order valence-electron chi connectivity index (χ2n) is 4.69. The van der Waals surface area contributed by atoms with Crippen molar-refractivity contribution in [2.24, 2.45) is 16.8 Å². The summed E-state index contributed by atoms with van der Waals surface area (Å²) in [5, 5.41) is 0. The molecule has 0 saturated heterocycles. The fourth-order valence-electron chi connectivity index (χ4n) is 2.50. The highest BCUT2D eigenvalue weighted by molar-refractivity contribution is 5.54. The minimum atomic E-state index is 0.330. The molecule has 94 valence electrons. The van der Waals surface area contributed by atoms with Gasteiger partial charge in [-0.2, -0.15) is 0 Å². The van der Waals surface area contributed by atoms with Crippen LogP contribution in [0, 0.1) is 11.8 Å². The smallest absolute Gasteiger partial charge is 0.0623 e. The van der Waals surface area contributed by atoms with E-state index in [9.17, 15) is 0 Å². The zero-order valence-corrected chi connectivity index (χ0v) is 11.4. The van der Waals surface area contributed by atoms with Crippen LogP contribution in [-0.2, 0) is 0 Å². The molecule has 17 heavy (non-hydrogen) atoms. The molecule has 1 rings (SSSR count). The first kappa shape index (κ1) is 14.0. The van der Waals surface area contributed by atoms with E-state index in [-0.39, 0.29) is 0 Å². The third-order valence-corrected chi connectivity index (χ3v) is 3.54. The molecule has 0 saturated carbocycles. The van der Waals surface area contributed by atoms with Crippen LogP contribution >= 0.6 is 0 Å². The fourth-order valence-corrected chi connectivity index (χ4v) is 2.50. The minimum absolute atomic E-state index is 0.330. The van der Waals surface area contributed by atoms with Gasteiger partial charge in [-0.1, -0.05) is 38.2 Å². The van der Waals surface area contributed by atoms with Crippen LogP contribution < -0.4 is 0 Å². The molecule has 0 amide bonds. The van der Waals surface area contributed by atoms with Gasteiger partial charge in [-0.05, 0) is 43.9 Å². The molecule has 0 fully saturated rings. The van der Waals surface area contributed by atoms with Crippen LogP contribution in [0.2, 0.25) is 0 Å². The second-order valence-corrected chi connectivity index (χ2v) is 4.69. The van der Waals surface area contributed by atoms with Crippen molar-refractivity contribution in [3.05, 3.63) is 36.5 Å². The summed E-state index contributed by atoms with van der Waals surface area (Å²) >= 11 is 0. The number of aliphatic imine (C=N–C) groups is 1. The molecule has 0 aromatic carbocycles. The van der Waals surface area contributed by atoms with Crippen molar-refractivity contribution in [1.29, 1.82) is 0 Å². The molecule has 0 spiro atoms. The predicted molar refractivity (Wildman–Crippen MR) is 77.6 cm³/mol. The van der Waals surface area contributed by atoms with Gasteiger partial charge < -0.3 is 0 Å². The Morgan fingerprint density at radius 3 is 2.71 bits per heavy atom. The SMILES string of the molecule is C=CC(C)C(/N=C/C)C(CC)C1=CCCC=C1. The van der Waals surface area contributed by atoms with Gasteiger partial charge in [-0.15, -0.1) is 6.58 Å². The Morgan fingerprint density at radius 2 is 2.24 bits per heavy atom. The van der Waals surface area contributed by atoms with Gasteiger partial charge in [0.1, 0.15) is 0 Å². The Bertz CT molecular complexity index is 322. The summed E-state index contributed by atoms with van der Waals surface area (Å²) in [7, 11) is 0. The molecule has 0 radical (unpaired) electrons. The molecule has 0 N–H and O–H groups in total. The zero-order valence-electron chi connectivity index (χ0n) is 11.4. The summed E-state index contributed by atoms with van der Waals surface area (Å²) in [5.74, 6) is 0.947. The lowest BCUT2D eigenvalue weighted by molar-refractivity contribution is 0.404. The fraction of sp³-hybridized carbons (Fsp3) is 0.562. The van der Waals surface area contributed by atoms with Crippen LogP contribution in [-0.4, -0.2) is 12.3 Å². The highest BCUT2D eigenvalue weighted by Crippen LogP contribution is 2.30. The normalized spacial score (nSPS) is 21.0. The standard InChI is InChI=1S/C16H25N/c1-5-13(4)16(17-7-3)15(6-2)14-11-9-8-10-12-14/h5,7,9,11-13,15-16H,1,6,8,10H2,2-4H3/b17-7+. The molecule has 1 aliphatic rings. The van der Waals surface area contributed by atoms with E-state index in [1.165, 1.54) is 18.4 Å². The molecule has 1 aliphatic carbocycles. The van der Waals surface area contributed by atoms with Gasteiger partial charge >= 0.3 is 0 Å². The first-order chi connectivity index (χ1) is 8.24. The Morgan fingerprint density at radius 1 is 1.47 bits per heavy atom. The highest BCUT2D eigenvalue weighted by Gasteiger charge is 2.25. The van der Waals surface area contributed by atoms with Crippen molar-refractivity contribution in [2.45, 2.75) is 46.1 Å². The lowest BCUT2D eigenvalue weighted by atomic mass is 9.81. The van der Waals surface area contributed by atoms with E-state index in [4.69, 9.17) is 0 Å². The van der Waals surface area contributed by atoms with Crippen molar-refractivity contribution in [2.75, 3.05) is 0 Å². The van der Waals surface area contributed by atoms with Gasteiger partial charge in [-0.25, -0.2) is 0 Å². The molecular weight excluding hydrogens is 206 g/mol. The van der Waals surface area contributed by atoms with Gasteiger partial charge in [0.2, 0.25) is 0 Å². The van der Waals surface area contributed by atoms with Crippen LogP contribution in [0.3, 0.4) is 0 Å². The molecule has 0 bridgehead atoms. The van der Waals surface area contributed by atoms with Gasteiger partial charge in [0.15, 0.2) is 0 Å². The van der Waals surface area contributed by atoms with E-state index in [2.05, 4.69) is 43.6 Å². The Balaban J connectivity index is 2.91. The lowest BCUT2D eigenvalue weighted by Gasteiger charge is -2.28. The summed E-state index contributed by atoms with van der Waals surface area (Å²) in [6.45, 7) is 10.4. The first-order valence-electron chi connectivity index (χ1n) is 6.71. The number of rotatable bonds is 6. The third-order valence-electron chi connectivity index (χ3n) is 3.54. The van der Waals surface area contributed by atoms with Gasteiger partial charge in [-0.3, -0.25) is 4.99 Å². The van der Waals surface area contributed by atoms with E-state index in [1.54, 1.807) is 0 Å². The van der Waals surface area contributed by atoms with E-state index in [1.807, 2.05) is 19.2 Å². The number of nitrogens with zero attached hydrogens (tertiary/aromatic N) is 1.